The summed E-state index contributed by atoms with van der Waals surface area (Å²) in [5.41, 5.74) is 6.89. The molecule has 3 rings (SSSR count). The van der Waals surface area contributed by atoms with E-state index in [9.17, 15) is 0 Å². The average Bonchev–Trinajstić information content (AvgIpc) is 3.05. The Bertz CT molecular complexity index is 570. The Hall–Kier alpha value is -1.92. The maximum Gasteiger partial charge on any atom is 0.243 e. The van der Waals surface area contributed by atoms with Gasteiger partial charge in [-0.25, -0.2) is 0 Å². The fraction of sp³-hybridized carbons (Fsp3) is 0.385. The second-order valence-corrected chi connectivity index (χ2v) is 4.51. The van der Waals surface area contributed by atoms with Crippen LogP contribution in [0.4, 0.5) is 0 Å². The molecule has 0 spiro atoms. The van der Waals surface area contributed by atoms with Crippen LogP contribution in [0, 0.1) is 0 Å². The number of aliphatic hydroxyl groups excluding tert-OH is 1. The highest BCUT2D eigenvalue weighted by Crippen LogP contribution is 2.36. The summed E-state index contributed by atoms with van der Waals surface area (Å²) in [5, 5.41) is 12.8. The van der Waals surface area contributed by atoms with Crippen LogP contribution in [0.25, 0.3) is 0 Å². The highest BCUT2D eigenvalue weighted by atomic mass is 16.5. The number of para-hydroxylation sites is 1. The third-order valence-electron chi connectivity index (χ3n) is 3.23. The normalized spacial score (nSPS) is 18.9. The molecule has 2 heterocycles. The van der Waals surface area contributed by atoms with Gasteiger partial charge in [0.25, 0.3) is 0 Å². The van der Waals surface area contributed by atoms with E-state index >= 15 is 0 Å². The van der Waals surface area contributed by atoms with Gasteiger partial charge in [-0.1, -0.05) is 23.4 Å². The van der Waals surface area contributed by atoms with Gasteiger partial charge in [-0.15, -0.1) is 0 Å². The van der Waals surface area contributed by atoms with Gasteiger partial charge in [0.15, 0.2) is 5.82 Å². The van der Waals surface area contributed by atoms with Crippen LogP contribution < -0.4 is 10.5 Å². The fourth-order valence-electron chi connectivity index (χ4n) is 2.18. The van der Waals surface area contributed by atoms with Gasteiger partial charge in [0, 0.05) is 12.2 Å². The molecule has 2 atom stereocenters. The first-order valence-corrected chi connectivity index (χ1v) is 6.21. The van der Waals surface area contributed by atoms with Gasteiger partial charge in [-0.05, 0) is 12.5 Å². The van der Waals surface area contributed by atoms with Crippen molar-refractivity contribution in [1.82, 2.24) is 10.1 Å². The van der Waals surface area contributed by atoms with Crippen LogP contribution in [-0.4, -0.2) is 28.5 Å². The van der Waals surface area contributed by atoms with Crippen LogP contribution in [0.3, 0.4) is 0 Å². The smallest absolute Gasteiger partial charge is 0.243 e. The standard InChI is InChI=1S/C13H15N3O3/c14-10(5-6-17)13-15-12(16-19-13)9-7-18-11-4-2-1-3-8(9)11/h1-4,9-10,17H,5-7,14H2. The van der Waals surface area contributed by atoms with Crippen molar-refractivity contribution in [1.29, 1.82) is 0 Å². The summed E-state index contributed by atoms with van der Waals surface area (Å²) in [6.07, 6.45) is 0.402. The SMILES string of the molecule is NC(CCO)c1nc(C2COc3ccccc32)no1. The highest BCUT2D eigenvalue weighted by molar-refractivity contribution is 5.42. The van der Waals surface area contributed by atoms with Crippen molar-refractivity contribution < 1.29 is 14.4 Å². The summed E-state index contributed by atoms with van der Waals surface area (Å²) < 4.78 is 10.7. The monoisotopic (exact) mass is 261 g/mol. The van der Waals surface area contributed by atoms with Gasteiger partial charge in [0.05, 0.1) is 12.0 Å². The number of aliphatic hydroxyl groups is 1. The molecule has 6 nitrogen and oxygen atoms in total. The van der Waals surface area contributed by atoms with Crippen LogP contribution in [0.15, 0.2) is 28.8 Å². The molecule has 2 unspecified atom stereocenters. The van der Waals surface area contributed by atoms with E-state index in [4.69, 9.17) is 20.1 Å². The maximum absolute atomic E-state index is 8.86. The minimum atomic E-state index is -0.427. The molecule has 0 bridgehead atoms. The third-order valence-corrected chi connectivity index (χ3v) is 3.23. The van der Waals surface area contributed by atoms with Crippen molar-refractivity contribution in [3.05, 3.63) is 41.5 Å². The molecule has 1 aliphatic rings. The van der Waals surface area contributed by atoms with Crippen LogP contribution in [-0.2, 0) is 0 Å². The first-order chi connectivity index (χ1) is 9.29. The predicted octanol–water partition coefficient (Wildman–Crippen LogP) is 0.976. The largest absolute Gasteiger partial charge is 0.492 e. The van der Waals surface area contributed by atoms with Gasteiger partial charge in [-0.2, -0.15) is 4.98 Å². The summed E-state index contributed by atoms with van der Waals surface area (Å²) in [6, 6.07) is 7.38. The third kappa shape index (κ3) is 2.20. The summed E-state index contributed by atoms with van der Waals surface area (Å²) in [6.45, 7) is 0.502. The van der Waals surface area contributed by atoms with E-state index in [1.165, 1.54) is 0 Å². The van der Waals surface area contributed by atoms with Crippen LogP contribution in [0.5, 0.6) is 5.75 Å². The lowest BCUT2D eigenvalue weighted by atomic mass is 10.0. The molecule has 1 aromatic heterocycles. The van der Waals surface area contributed by atoms with Crippen LogP contribution >= 0.6 is 0 Å². The molecule has 0 radical (unpaired) electrons. The Kier molecular flexibility index (Phi) is 3.18. The zero-order valence-corrected chi connectivity index (χ0v) is 10.3. The zero-order valence-electron chi connectivity index (χ0n) is 10.3. The van der Waals surface area contributed by atoms with Gasteiger partial charge in [0.1, 0.15) is 12.4 Å². The molecule has 1 aromatic carbocycles. The Balaban J connectivity index is 1.85. The molecule has 0 saturated carbocycles. The molecule has 100 valence electrons. The zero-order chi connectivity index (χ0) is 13.2. The van der Waals surface area contributed by atoms with E-state index in [1.807, 2.05) is 24.3 Å². The quantitative estimate of drug-likeness (QED) is 0.851. The highest BCUT2D eigenvalue weighted by Gasteiger charge is 2.30. The number of fused-ring (bicyclic) bond motifs is 1. The Labute approximate surface area is 110 Å². The molecule has 2 aromatic rings. The Morgan fingerprint density at radius 3 is 3.11 bits per heavy atom. The van der Waals surface area contributed by atoms with Crippen molar-refractivity contribution in [2.75, 3.05) is 13.2 Å². The minimum absolute atomic E-state index is 0.00570. The summed E-state index contributed by atoms with van der Waals surface area (Å²) in [5.74, 6) is 1.77. The number of aromatic nitrogens is 2. The Morgan fingerprint density at radius 2 is 2.26 bits per heavy atom. The van der Waals surface area contributed by atoms with E-state index in [-0.39, 0.29) is 12.5 Å². The first kappa shape index (κ1) is 12.1. The predicted molar refractivity (Wildman–Crippen MR) is 66.7 cm³/mol. The van der Waals surface area contributed by atoms with Gasteiger partial charge < -0.3 is 20.1 Å². The molecular formula is C13H15N3O3. The van der Waals surface area contributed by atoms with Crippen molar-refractivity contribution in [2.45, 2.75) is 18.4 Å². The second-order valence-electron chi connectivity index (χ2n) is 4.51. The van der Waals surface area contributed by atoms with Gasteiger partial charge >= 0.3 is 0 Å². The molecule has 0 amide bonds. The van der Waals surface area contributed by atoms with E-state index in [0.29, 0.717) is 24.7 Å². The van der Waals surface area contributed by atoms with E-state index in [2.05, 4.69) is 10.1 Å². The number of hydrogen-bond acceptors (Lipinski definition) is 6. The lowest BCUT2D eigenvalue weighted by Gasteiger charge is -2.03. The molecule has 19 heavy (non-hydrogen) atoms. The first-order valence-electron chi connectivity index (χ1n) is 6.21. The lowest BCUT2D eigenvalue weighted by Crippen LogP contribution is -2.13. The van der Waals surface area contributed by atoms with Crippen LogP contribution in [0.2, 0.25) is 0 Å². The van der Waals surface area contributed by atoms with E-state index in [1.54, 1.807) is 0 Å². The number of hydrogen-bond donors (Lipinski definition) is 2. The van der Waals surface area contributed by atoms with Crippen molar-refractivity contribution in [2.24, 2.45) is 5.73 Å². The van der Waals surface area contributed by atoms with Crippen molar-refractivity contribution in [3.8, 4) is 5.75 Å². The number of nitrogens with zero attached hydrogens (tertiary/aromatic N) is 2. The number of ether oxygens (including phenoxy) is 1. The summed E-state index contributed by atoms with van der Waals surface area (Å²) in [7, 11) is 0. The molecule has 1 aliphatic heterocycles. The molecule has 3 N–H and O–H groups in total. The summed E-state index contributed by atoms with van der Waals surface area (Å²) in [4.78, 5) is 4.32. The average molecular weight is 261 g/mol. The molecule has 0 aliphatic carbocycles. The van der Waals surface area contributed by atoms with Crippen molar-refractivity contribution >= 4 is 0 Å². The van der Waals surface area contributed by atoms with E-state index in [0.717, 1.165) is 11.3 Å². The van der Waals surface area contributed by atoms with Crippen LogP contribution in [0.1, 0.15) is 35.7 Å². The Morgan fingerprint density at radius 1 is 1.42 bits per heavy atom. The molecular weight excluding hydrogens is 246 g/mol. The van der Waals surface area contributed by atoms with Gasteiger partial charge in [0.2, 0.25) is 5.89 Å². The topological polar surface area (TPSA) is 94.4 Å². The van der Waals surface area contributed by atoms with Gasteiger partial charge in [-0.3, -0.25) is 0 Å². The molecule has 0 saturated heterocycles. The minimum Gasteiger partial charge on any atom is -0.492 e. The second kappa shape index (κ2) is 4.99. The number of rotatable bonds is 4. The fourth-order valence-corrected chi connectivity index (χ4v) is 2.18. The summed E-state index contributed by atoms with van der Waals surface area (Å²) >= 11 is 0. The molecule has 6 heteroatoms. The maximum atomic E-state index is 8.86. The van der Waals surface area contributed by atoms with Crippen molar-refractivity contribution in [3.63, 3.8) is 0 Å². The lowest BCUT2D eigenvalue weighted by molar-refractivity contribution is 0.258. The molecule has 0 fully saturated rings. The number of nitrogens with two attached hydrogens (primary N) is 1. The van der Waals surface area contributed by atoms with E-state index < -0.39 is 6.04 Å². The number of benzene rings is 1.